The Morgan fingerprint density at radius 1 is 0.862 bits per heavy atom. The van der Waals surface area contributed by atoms with E-state index in [4.69, 9.17) is 14.2 Å². The van der Waals surface area contributed by atoms with Crippen molar-refractivity contribution in [3.8, 4) is 17.2 Å². The third-order valence-electron chi connectivity index (χ3n) is 4.16. The lowest BCUT2D eigenvalue weighted by atomic mass is 10.2. The number of benzene rings is 2. The molecule has 2 aromatic carbocycles. The Balaban J connectivity index is 1.72. The van der Waals surface area contributed by atoms with Crippen LogP contribution in [0.4, 0.5) is 17.3 Å². The molecule has 1 heterocycles. The predicted octanol–water partition coefficient (Wildman–Crippen LogP) is 3.81. The first kappa shape index (κ1) is 19.9. The highest BCUT2D eigenvalue weighted by molar-refractivity contribution is 6.04. The smallest absolute Gasteiger partial charge is 0.258 e. The molecule has 0 aliphatic heterocycles. The molecule has 0 radical (unpaired) electrons. The van der Waals surface area contributed by atoms with Gasteiger partial charge in [-0.1, -0.05) is 6.07 Å². The van der Waals surface area contributed by atoms with Crippen molar-refractivity contribution in [2.24, 2.45) is 0 Å². The molecule has 0 saturated carbocycles. The highest BCUT2D eigenvalue weighted by Crippen LogP contribution is 2.30. The van der Waals surface area contributed by atoms with E-state index in [0.29, 0.717) is 34.4 Å². The van der Waals surface area contributed by atoms with E-state index >= 15 is 0 Å². The maximum atomic E-state index is 12.5. The monoisotopic (exact) mass is 394 g/mol. The third kappa shape index (κ3) is 4.73. The normalized spacial score (nSPS) is 10.2. The van der Waals surface area contributed by atoms with Gasteiger partial charge >= 0.3 is 0 Å². The Hall–Kier alpha value is -3.81. The fraction of sp³-hybridized carbons (Fsp3) is 0.190. The van der Waals surface area contributed by atoms with Gasteiger partial charge in [-0.3, -0.25) is 4.79 Å². The van der Waals surface area contributed by atoms with Crippen LogP contribution in [0.3, 0.4) is 0 Å². The number of carbonyl (C=O) groups is 1. The summed E-state index contributed by atoms with van der Waals surface area (Å²) in [4.78, 5) is 20.9. The standard InChI is InChI=1S/C21H22N4O4/c1-13-5-7-17(27-2)16(9-13)25-21-22-11-14(12-23-21)20(26)24-15-6-8-18(28-3)19(10-15)29-4/h5-12H,1-4H3,(H,24,26)(H,22,23,25). The van der Waals surface area contributed by atoms with E-state index in [1.54, 1.807) is 32.4 Å². The molecule has 3 aromatic rings. The first-order valence-electron chi connectivity index (χ1n) is 8.81. The molecule has 3 rings (SSSR count). The van der Waals surface area contributed by atoms with Gasteiger partial charge in [0.15, 0.2) is 11.5 Å². The minimum Gasteiger partial charge on any atom is -0.495 e. The van der Waals surface area contributed by atoms with Crippen LogP contribution < -0.4 is 24.8 Å². The van der Waals surface area contributed by atoms with Crippen molar-refractivity contribution in [1.29, 1.82) is 0 Å². The number of aromatic nitrogens is 2. The summed E-state index contributed by atoms with van der Waals surface area (Å²) >= 11 is 0. The van der Waals surface area contributed by atoms with Gasteiger partial charge in [0, 0.05) is 24.1 Å². The number of methoxy groups -OCH3 is 3. The minimum atomic E-state index is -0.336. The largest absolute Gasteiger partial charge is 0.495 e. The molecule has 0 unspecified atom stereocenters. The van der Waals surface area contributed by atoms with Gasteiger partial charge in [-0.25, -0.2) is 9.97 Å². The molecular weight excluding hydrogens is 372 g/mol. The van der Waals surface area contributed by atoms with Crippen molar-refractivity contribution in [2.75, 3.05) is 32.0 Å². The number of nitrogens with zero attached hydrogens (tertiary/aromatic N) is 2. The van der Waals surface area contributed by atoms with Crippen molar-refractivity contribution in [3.05, 3.63) is 59.9 Å². The van der Waals surface area contributed by atoms with Crippen LogP contribution in [0.15, 0.2) is 48.8 Å². The molecular formula is C21H22N4O4. The SMILES string of the molecule is COc1ccc(C)cc1Nc1ncc(C(=O)Nc2ccc(OC)c(OC)c2)cn1. The number of nitrogens with one attached hydrogen (secondary N) is 2. The second-order valence-corrected chi connectivity index (χ2v) is 6.15. The summed E-state index contributed by atoms with van der Waals surface area (Å²) in [5, 5.41) is 5.88. The zero-order valence-corrected chi connectivity index (χ0v) is 16.6. The van der Waals surface area contributed by atoms with Gasteiger partial charge in [-0.15, -0.1) is 0 Å². The second kappa shape index (κ2) is 8.92. The van der Waals surface area contributed by atoms with Crippen LogP contribution in [0.2, 0.25) is 0 Å². The topological polar surface area (TPSA) is 94.6 Å². The molecule has 0 atom stereocenters. The van der Waals surface area contributed by atoms with Crippen LogP contribution in [-0.4, -0.2) is 37.2 Å². The van der Waals surface area contributed by atoms with Crippen molar-refractivity contribution < 1.29 is 19.0 Å². The van der Waals surface area contributed by atoms with Gasteiger partial charge in [0.05, 0.1) is 32.6 Å². The van der Waals surface area contributed by atoms with E-state index < -0.39 is 0 Å². The predicted molar refractivity (Wildman–Crippen MR) is 111 cm³/mol. The maximum absolute atomic E-state index is 12.5. The average Bonchev–Trinajstić information content (AvgIpc) is 2.74. The van der Waals surface area contributed by atoms with Gasteiger partial charge in [-0.05, 0) is 36.8 Å². The van der Waals surface area contributed by atoms with Gasteiger partial charge in [0.1, 0.15) is 5.75 Å². The average molecular weight is 394 g/mol. The molecule has 150 valence electrons. The van der Waals surface area contributed by atoms with Crippen LogP contribution >= 0.6 is 0 Å². The van der Waals surface area contributed by atoms with Crippen LogP contribution in [0, 0.1) is 6.92 Å². The number of aryl methyl sites for hydroxylation is 1. The minimum absolute atomic E-state index is 0.321. The van der Waals surface area contributed by atoms with Crippen molar-refractivity contribution in [1.82, 2.24) is 9.97 Å². The number of amides is 1. The lowest BCUT2D eigenvalue weighted by molar-refractivity contribution is 0.102. The summed E-state index contributed by atoms with van der Waals surface area (Å²) in [6.07, 6.45) is 2.90. The number of rotatable bonds is 7. The molecule has 0 spiro atoms. The summed E-state index contributed by atoms with van der Waals surface area (Å²) in [6.45, 7) is 1.98. The van der Waals surface area contributed by atoms with E-state index in [1.165, 1.54) is 19.5 Å². The molecule has 29 heavy (non-hydrogen) atoms. The van der Waals surface area contributed by atoms with Crippen molar-refractivity contribution >= 4 is 23.2 Å². The summed E-state index contributed by atoms with van der Waals surface area (Å²) < 4.78 is 15.8. The quantitative estimate of drug-likeness (QED) is 0.629. The van der Waals surface area contributed by atoms with Crippen LogP contribution in [0.25, 0.3) is 0 Å². The van der Waals surface area contributed by atoms with Gasteiger partial charge < -0.3 is 24.8 Å². The Morgan fingerprint density at radius 3 is 2.17 bits per heavy atom. The fourth-order valence-corrected chi connectivity index (χ4v) is 2.67. The number of ether oxygens (including phenoxy) is 3. The van der Waals surface area contributed by atoms with Crippen molar-refractivity contribution in [3.63, 3.8) is 0 Å². The summed E-state index contributed by atoms with van der Waals surface area (Å²) in [5.41, 5.74) is 2.70. The van der Waals surface area contributed by atoms with E-state index in [9.17, 15) is 4.79 Å². The summed E-state index contributed by atoms with van der Waals surface area (Å²) in [5.74, 6) is 1.80. The molecule has 0 aliphatic rings. The maximum Gasteiger partial charge on any atom is 0.258 e. The Bertz CT molecular complexity index is 1010. The lowest BCUT2D eigenvalue weighted by Gasteiger charge is -2.12. The number of carbonyl (C=O) groups excluding carboxylic acids is 1. The van der Waals surface area contributed by atoms with E-state index in [2.05, 4.69) is 20.6 Å². The van der Waals surface area contributed by atoms with Crippen LogP contribution in [-0.2, 0) is 0 Å². The number of anilines is 3. The highest BCUT2D eigenvalue weighted by Gasteiger charge is 2.11. The molecule has 0 bridgehead atoms. The van der Waals surface area contributed by atoms with Crippen LogP contribution in [0.1, 0.15) is 15.9 Å². The lowest BCUT2D eigenvalue weighted by Crippen LogP contribution is -2.13. The van der Waals surface area contributed by atoms with Crippen molar-refractivity contribution in [2.45, 2.75) is 6.92 Å². The first-order valence-corrected chi connectivity index (χ1v) is 8.81. The first-order chi connectivity index (χ1) is 14.0. The summed E-state index contributed by atoms with van der Waals surface area (Å²) in [6, 6.07) is 10.9. The highest BCUT2D eigenvalue weighted by atomic mass is 16.5. The molecule has 1 aromatic heterocycles. The van der Waals surface area contributed by atoms with E-state index in [-0.39, 0.29) is 5.91 Å². The van der Waals surface area contributed by atoms with Gasteiger partial charge in [0.2, 0.25) is 5.95 Å². The van der Waals surface area contributed by atoms with Gasteiger partial charge in [0.25, 0.3) is 5.91 Å². The second-order valence-electron chi connectivity index (χ2n) is 6.15. The molecule has 0 aliphatic carbocycles. The number of hydrogen-bond acceptors (Lipinski definition) is 7. The van der Waals surface area contributed by atoms with E-state index in [0.717, 1.165) is 11.3 Å². The molecule has 2 N–H and O–H groups in total. The zero-order valence-electron chi connectivity index (χ0n) is 16.6. The Kier molecular flexibility index (Phi) is 6.13. The molecule has 0 saturated heterocycles. The van der Waals surface area contributed by atoms with Gasteiger partial charge in [-0.2, -0.15) is 0 Å². The summed E-state index contributed by atoms with van der Waals surface area (Å²) in [7, 11) is 4.68. The van der Waals surface area contributed by atoms with E-state index in [1.807, 2.05) is 25.1 Å². The molecule has 8 heteroatoms. The molecule has 8 nitrogen and oxygen atoms in total. The number of hydrogen-bond donors (Lipinski definition) is 2. The molecule has 1 amide bonds. The van der Waals surface area contributed by atoms with Crippen LogP contribution in [0.5, 0.6) is 17.2 Å². The third-order valence-corrected chi connectivity index (χ3v) is 4.16. The zero-order chi connectivity index (χ0) is 20.8. The molecule has 0 fully saturated rings. The Morgan fingerprint density at radius 2 is 1.52 bits per heavy atom. The fourth-order valence-electron chi connectivity index (χ4n) is 2.67. The Labute approximate surface area is 168 Å².